The first-order chi connectivity index (χ1) is 13.6. The molecule has 4 heteroatoms. The number of nitrogens with zero attached hydrogens (tertiary/aromatic N) is 1. The van der Waals surface area contributed by atoms with Gasteiger partial charge in [0.15, 0.2) is 0 Å². The highest BCUT2D eigenvalue weighted by Crippen LogP contribution is 2.37. The summed E-state index contributed by atoms with van der Waals surface area (Å²) in [4.78, 5) is 27.7. The lowest BCUT2D eigenvalue weighted by atomic mass is 9.75. The Morgan fingerprint density at radius 2 is 1.71 bits per heavy atom. The molecule has 1 heterocycles. The van der Waals surface area contributed by atoms with Crippen molar-refractivity contribution in [3.8, 4) is 0 Å². The van der Waals surface area contributed by atoms with Crippen LogP contribution in [0.15, 0.2) is 60.7 Å². The van der Waals surface area contributed by atoms with Gasteiger partial charge in [0.1, 0.15) is 0 Å². The summed E-state index contributed by atoms with van der Waals surface area (Å²) < 4.78 is 5.44. The minimum atomic E-state index is -0.604. The first kappa shape index (κ1) is 20.1. The smallest absolute Gasteiger partial charge is 0.313 e. The molecule has 2 aromatic rings. The van der Waals surface area contributed by atoms with Crippen molar-refractivity contribution in [3.63, 3.8) is 0 Å². The summed E-state index contributed by atoms with van der Waals surface area (Å²) >= 11 is 0. The summed E-state index contributed by atoms with van der Waals surface area (Å²) in [5, 5.41) is 0. The van der Waals surface area contributed by atoms with Crippen LogP contribution in [0, 0.1) is 5.41 Å². The molecule has 0 spiro atoms. The lowest BCUT2D eigenvalue weighted by molar-refractivity contribution is -0.159. The Morgan fingerprint density at radius 3 is 2.39 bits per heavy atom. The van der Waals surface area contributed by atoms with Gasteiger partial charge in [-0.15, -0.1) is 0 Å². The van der Waals surface area contributed by atoms with Gasteiger partial charge in [-0.05, 0) is 56.7 Å². The lowest BCUT2D eigenvalue weighted by Crippen LogP contribution is -2.50. The van der Waals surface area contributed by atoms with E-state index in [0.717, 1.165) is 32.1 Å². The summed E-state index contributed by atoms with van der Waals surface area (Å²) in [5.74, 6) is -0.161. The van der Waals surface area contributed by atoms with E-state index < -0.39 is 5.41 Å². The molecule has 1 aliphatic heterocycles. The second-order valence-electron chi connectivity index (χ2n) is 7.54. The van der Waals surface area contributed by atoms with Crippen molar-refractivity contribution >= 4 is 11.9 Å². The maximum Gasteiger partial charge on any atom is 0.313 e. The highest BCUT2D eigenvalue weighted by molar-refractivity contribution is 5.94. The Labute approximate surface area is 167 Å². The topological polar surface area (TPSA) is 46.6 Å². The van der Waals surface area contributed by atoms with Crippen LogP contribution in [0.25, 0.3) is 0 Å². The number of esters is 1. The van der Waals surface area contributed by atoms with E-state index in [2.05, 4.69) is 12.1 Å². The largest absolute Gasteiger partial charge is 0.466 e. The molecule has 1 amide bonds. The van der Waals surface area contributed by atoms with Gasteiger partial charge in [0.05, 0.1) is 12.0 Å². The van der Waals surface area contributed by atoms with Gasteiger partial charge in [-0.25, -0.2) is 0 Å². The van der Waals surface area contributed by atoms with Gasteiger partial charge in [-0.2, -0.15) is 0 Å². The second-order valence-corrected chi connectivity index (χ2v) is 7.54. The van der Waals surface area contributed by atoms with Crippen molar-refractivity contribution < 1.29 is 14.3 Å². The van der Waals surface area contributed by atoms with Crippen LogP contribution in [-0.2, 0) is 16.0 Å². The predicted octanol–water partition coefficient (Wildman–Crippen LogP) is 4.50. The van der Waals surface area contributed by atoms with Gasteiger partial charge in [-0.3, -0.25) is 9.59 Å². The van der Waals surface area contributed by atoms with Crippen molar-refractivity contribution in [2.45, 2.75) is 39.0 Å². The number of ether oxygens (including phenoxy) is 1. The number of likely N-dealkylation sites (tertiary alicyclic amines) is 1. The molecule has 3 rings (SSSR count). The number of carbonyl (C=O) groups is 2. The maximum absolute atomic E-state index is 12.9. The molecule has 1 fully saturated rings. The van der Waals surface area contributed by atoms with Crippen LogP contribution in [0.3, 0.4) is 0 Å². The summed E-state index contributed by atoms with van der Waals surface area (Å²) in [5.41, 5.74) is 1.34. The van der Waals surface area contributed by atoms with Gasteiger partial charge in [0.25, 0.3) is 5.91 Å². The van der Waals surface area contributed by atoms with E-state index in [-0.39, 0.29) is 11.9 Å². The third kappa shape index (κ3) is 4.80. The fourth-order valence-corrected chi connectivity index (χ4v) is 4.10. The highest BCUT2D eigenvalue weighted by Gasteiger charge is 2.44. The zero-order valence-electron chi connectivity index (χ0n) is 16.6. The molecule has 1 atom stereocenters. The van der Waals surface area contributed by atoms with Crippen molar-refractivity contribution in [2.75, 3.05) is 19.7 Å². The molecule has 0 bridgehead atoms. The van der Waals surface area contributed by atoms with Crippen molar-refractivity contribution in [1.29, 1.82) is 0 Å². The Bertz CT molecular complexity index is 775. The molecule has 0 radical (unpaired) electrons. The minimum Gasteiger partial charge on any atom is -0.466 e. The number of carbonyl (C=O) groups excluding carboxylic acids is 2. The molecule has 1 unspecified atom stereocenters. The SMILES string of the molecule is CCOC(=O)C1(CCCc2ccccc2)CCCN(C(=O)c2ccccc2)C1. The highest BCUT2D eigenvalue weighted by atomic mass is 16.5. The Kier molecular flexibility index (Phi) is 6.85. The van der Waals surface area contributed by atoms with Gasteiger partial charge in [0.2, 0.25) is 0 Å². The van der Waals surface area contributed by atoms with Gasteiger partial charge in [-0.1, -0.05) is 48.5 Å². The molecule has 28 heavy (non-hydrogen) atoms. The maximum atomic E-state index is 12.9. The number of hydrogen-bond acceptors (Lipinski definition) is 3. The van der Waals surface area contributed by atoms with E-state index in [4.69, 9.17) is 4.74 Å². The lowest BCUT2D eigenvalue weighted by Gasteiger charge is -2.41. The normalized spacial score (nSPS) is 19.2. The number of hydrogen-bond donors (Lipinski definition) is 0. The summed E-state index contributed by atoms with van der Waals surface area (Å²) in [6.45, 7) is 3.33. The second kappa shape index (κ2) is 9.54. The molecule has 148 valence electrons. The number of benzene rings is 2. The van der Waals surface area contributed by atoms with E-state index in [1.54, 1.807) is 0 Å². The van der Waals surface area contributed by atoms with Crippen molar-refractivity contribution in [3.05, 3.63) is 71.8 Å². The fourth-order valence-electron chi connectivity index (χ4n) is 4.10. The fraction of sp³-hybridized carbons (Fsp3) is 0.417. The standard InChI is InChI=1S/C24H29NO3/c1-2-28-23(27)24(16-9-13-20-11-5-3-6-12-20)17-10-18-25(19-24)22(26)21-14-7-4-8-15-21/h3-8,11-12,14-15H,2,9-10,13,16-19H2,1H3. The van der Waals surface area contributed by atoms with Crippen molar-refractivity contribution in [1.82, 2.24) is 4.90 Å². The molecule has 2 aromatic carbocycles. The van der Waals surface area contributed by atoms with Crippen LogP contribution < -0.4 is 0 Å². The van der Waals surface area contributed by atoms with Crippen LogP contribution in [0.2, 0.25) is 0 Å². The van der Waals surface area contributed by atoms with Gasteiger partial charge < -0.3 is 9.64 Å². The summed E-state index contributed by atoms with van der Waals surface area (Å²) in [7, 11) is 0. The van der Waals surface area contributed by atoms with E-state index in [1.807, 2.05) is 60.4 Å². The predicted molar refractivity (Wildman–Crippen MR) is 110 cm³/mol. The molecule has 1 aliphatic rings. The minimum absolute atomic E-state index is 0.00275. The number of amides is 1. The molecule has 0 aliphatic carbocycles. The Morgan fingerprint density at radius 1 is 1.04 bits per heavy atom. The first-order valence-corrected chi connectivity index (χ1v) is 10.2. The van der Waals surface area contributed by atoms with E-state index in [9.17, 15) is 9.59 Å². The van der Waals surface area contributed by atoms with Crippen molar-refractivity contribution in [2.24, 2.45) is 5.41 Å². The van der Waals surface area contributed by atoms with Crippen LogP contribution in [-0.4, -0.2) is 36.5 Å². The zero-order valence-corrected chi connectivity index (χ0v) is 16.6. The number of rotatable bonds is 7. The zero-order chi connectivity index (χ0) is 19.8. The molecular weight excluding hydrogens is 350 g/mol. The van der Waals surface area contributed by atoms with E-state index in [1.165, 1.54) is 5.56 Å². The third-order valence-electron chi connectivity index (χ3n) is 5.56. The average molecular weight is 380 g/mol. The van der Waals surface area contributed by atoms with Gasteiger partial charge >= 0.3 is 5.97 Å². The molecule has 0 N–H and O–H groups in total. The molecular formula is C24H29NO3. The number of aryl methyl sites for hydroxylation is 1. The Hall–Kier alpha value is -2.62. The van der Waals surface area contributed by atoms with E-state index in [0.29, 0.717) is 25.3 Å². The van der Waals surface area contributed by atoms with Crippen LogP contribution >= 0.6 is 0 Å². The monoisotopic (exact) mass is 379 g/mol. The van der Waals surface area contributed by atoms with Crippen LogP contribution in [0.4, 0.5) is 0 Å². The molecule has 1 saturated heterocycles. The molecule has 0 aromatic heterocycles. The van der Waals surface area contributed by atoms with E-state index >= 15 is 0 Å². The third-order valence-corrected chi connectivity index (χ3v) is 5.56. The molecule has 0 saturated carbocycles. The Balaban J connectivity index is 1.72. The van der Waals surface area contributed by atoms with Crippen LogP contribution in [0.5, 0.6) is 0 Å². The average Bonchev–Trinajstić information content (AvgIpc) is 2.75. The summed E-state index contributed by atoms with van der Waals surface area (Å²) in [6.07, 6.45) is 4.16. The quantitative estimate of drug-likeness (QED) is 0.666. The van der Waals surface area contributed by atoms with Gasteiger partial charge in [0, 0.05) is 18.7 Å². The first-order valence-electron chi connectivity index (χ1n) is 10.2. The van der Waals surface area contributed by atoms with Crippen LogP contribution in [0.1, 0.15) is 48.5 Å². The molecule has 4 nitrogen and oxygen atoms in total. The summed E-state index contributed by atoms with van der Waals surface area (Å²) in [6, 6.07) is 19.6. The number of piperidine rings is 1.